The van der Waals surface area contributed by atoms with Crippen LogP contribution >= 0.6 is 0 Å². The van der Waals surface area contributed by atoms with Crippen molar-refractivity contribution in [3.05, 3.63) is 156 Å². The summed E-state index contributed by atoms with van der Waals surface area (Å²) in [6.07, 6.45) is -0.580. The van der Waals surface area contributed by atoms with Gasteiger partial charge in [-0.2, -0.15) is 0 Å². The van der Waals surface area contributed by atoms with Gasteiger partial charge in [0.05, 0.1) is 64.9 Å². The van der Waals surface area contributed by atoms with Crippen molar-refractivity contribution >= 4 is 58.8 Å². The molecule has 1 saturated heterocycles. The number of hydrogen-bond acceptors (Lipinski definition) is 7. The van der Waals surface area contributed by atoms with Crippen molar-refractivity contribution < 1.29 is 33.7 Å². The molecule has 3 aliphatic rings. The number of amides is 3. The minimum Gasteiger partial charge on any atom is -0.497 e. The van der Waals surface area contributed by atoms with Crippen LogP contribution in [0.4, 0.5) is 17.1 Å². The second-order valence-electron chi connectivity index (χ2n) is 17.1. The quantitative estimate of drug-likeness (QED) is 0.117. The number of carbonyl (C=O) groups excluding carboxylic acids is 3. The maximum atomic E-state index is 15.5. The lowest BCUT2D eigenvalue weighted by molar-refractivity contribution is -0.150. The number of aliphatic hydroxyl groups excluding tert-OH is 1. The van der Waals surface area contributed by atoms with Gasteiger partial charge in [-0.25, -0.2) is 0 Å². The van der Waals surface area contributed by atoms with Crippen molar-refractivity contribution in [1.29, 1.82) is 0 Å². The number of benzene rings is 6. The molecule has 1 fully saturated rings. The van der Waals surface area contributed by atoms with E-state index in [0.717, 1.165) is 55.5 Å². The first kappa shape index (κ1) is 41.1. The van der Waals surface area contributed by atoms with Crippen LogP contribution in [-0.4, -0.2) is 69.3 Å². The van der Waals surface area contributed by atoms with Gasteiger partial charge < -0.3 is 29.1 Å². The highest BCUT2D eigenvalue weighted by Gasteiger charge is 2.66. The molecule has 6 aromatic carbocycles. The Labute approximate surface area is 363 Å². The Bertz CT molecular complexity index is 2670. The molecular weight excluding hydrogens is 795 g/mol. The summed E-state index contributed by atoms with van der Waals surface area (Å²) in [7, 11) is 0.693. The lowest BCUT2D eigenvalue weighted by Crippen LogP contribution is -2.52. The highest BCUT2D eigenvalue weighted by Crippen LogP contribution is 2.60. The molecule has 62 heavy (non-hydrogen) atoms. The van der Waals surface area contributed by atoms with Gasteiger partial charge in [0.25, 0.3) is 11.8 Å². The van der Waals surface area contributed by atoms with Crippen LogP contribution in [0, 0.1) is 5.92 Å². The van der Waals surface area contributed by atoms with E-state index in [4.69, 9.17) is 14.2 Å². The molecule has 0 aliphatic carbocycles. The van der Waals surface area contributed by atoms with Crippen LogP contribution in [0.5, 0.6) is 11.5 Å². The number of ether oxygens (including phenoxy) is 3. The molecule has 0 bridgehead atoms. The molecule has 6 aromatic rings. The first-order chi connectivity index (χ1) is 30.0. The third-order valence-corrected chi connectivity index (χ3v) is 17.8. The van der Waals surface area contributed by atoms with Crippen molar-refractivity contribution in [1.82, 2.24) is 4.90 Å². The Kier molecular flexibility index (Phi) is 10.7. The lowest BCUT2D eigenvalue weighted by atomic mass is 9.82. The van der Waals surface area contributed by atoms with Gasteiger partial charge in [-0.3, -0.25) is 19.3 Å². The van der Waals surface area contributed by atoms with Gasteiger partial charge >= 0.3 is 0 Å². The summed E-state index contributed by atoms with van der Waals surface area (Å²) in [6, 6.07) is 43.2. The van der Waals surface area contributed by atoms with Crippen LogP contribution in [0.1, 0.15) is 40.4 Å². The molecule has 9 rings (SSSR count). The fourth-order valence-electron chi connectivity index (χ4n) is 10.4. The molecule has 3 aliphatic heterocycles. The molecule has 0 unspecified atom stereocenters. The largest absolute Gasteiger partial charge is 0.497 e. The molecule has 0 saturated carbocycles. The standard InChI is InChI=1S/C51H51N3O7Si/c1-33-48(62(4,5)40-24-21-38(59-2)22-25-40)45(30-46(56)52(27-28-55)31-34-11-7-6-8-12-34)61-51(33)42-29-39(60-3)23-26-43(42)53(50(51)58)32-35-17-19-37(20-18-35)54-44-16-10-14-36-13-9-15-41(47(36)44)49(54)57/h6-26,29,33,45,48,55H,27-28,30-32H2,1-5H3/t33-,45+,48-,51+/m1/s1. The molecule has 1 N–H and O–H groups in total. The van der Waals surface area contributed by atoms with E-state index >= 15 is 4.79 Å². The average molecular weight is 846 g/mol. The number of hydrogen-bond donors (Lipinski definition) is 1. The van der Waals surface area contributed by atoms with Gasteiger partial charge in [-0.15, -0.1) is 0 Å². The van der Waals surface area contributed by atoms with Crippen molar-refractivity contribution in [2.24, 2.45) is 5.92 Å². The van der Waals surface area contributed by atoms with Gasteiger partial charge in [0.15, 0.2) is 5.60 Å². The van der Waals surface area contributed by atoms with Crippen LogP contribution in [-0.2, 0) is 33.0 Å². The van der Waals surface area contributed by atoms with Gasteiger partial charge in [-0.05, 0) is 76.7 Å². The van der Waals surface area contributed by atoms with Crippen LogP contribution in [0.15, 0.2) is 133 Å². The van der Waals surface area contributed by atoms with E-state index in [0.29, 0.717) is 17.9 Å². The van der Waals surface area contributed by atoms with E-state index in [1.807, 2.05) is 121 Å². The van der Waals surface area contributed by atoms with Gasteiger partial charge in [0.1, 0.15) is 11.5 Å². The minimum atomic E-state index is -2.57. The van der Waals surface area contributed by atoms with Crippen LogP contribution < -0.4 is 24.5 Å². The number of fused-ring (bicyclic) bond motifs is 2. The van der Waals surface area contributed by atoms with E-state index in [1.165, 1.54) is 0 Å². The summed E-state index contributed by atoms with van der Waals surface area (Å²) >= 11 is 0. The predicted molar refractivity (Wildman–Crippen MR) is 244 cm³/mol. The smallest absolute Gasteiger partial charge is 0.264 e. The fraction of sp³-hybridized carbons (Fsp3) is 0.275. The summed E-state index contributed by atoms with van der Waals surface area (Å²) < 4.78 is 18.6. The van der Waals surface area contributed by atoms with E-state index < -0.39 is 19.8 Å². The van der Waals surface area contributed by atoms with Crippen LogP contribution in [0.3, 0.4) is 0 Å². The van der Waals surface area contributed by atoms with Crippen LogP contribution in [0.2, 0.25) is 18.6 Å². The topological polar surface area (TPSA) is 109 Å². The number of anilines is 3. The predicted octanol–water partition coefficient (Wildman–Crippen LogP) is 8.32. The zero-order chi connectivity index (χ0) is 43.3. The van der Waals surface area contributed by atoms with Crippen molar-refractivity contribution in [3.8, 4) is 11.5 Å². The first-order valence-electron chi connectivity index (χ1n) is 21.2. The Hall–Kier alpha value is -6.27. The molecule has 316 valence electrons. The second-order valence-corrected chi connectivity index (χ2v) is 21.8. The zero-order valence-electron chi connectivity index (χ0n) is 35.7. The third kappa shape index (κ3) is 6.75. The highest BCUT2D eigenvalue weighted by atomic mass is 28.3. The van der Waals surface area contributed by atoms with E-state index in [-0.39, 0.29) is 55.3 Å². The second kappa shape index (κ2) is 16.2. The number of carbonyl (C=O) groups is 3. The Morgan fingerprint density at radius 1 is 0.806 bits per heavy atom. The van der Waals surface area contributed by atoms with Gasteiger partial charge in [0.2, 0.25) is 5.91 Å². The zero-order valence-corrected chi connectivity index (χ0v) is 36.7. The molecular formula is C51H51N3O7Si. The van der Waals surface area contributed by atoms with Crippen LogP contribution in [0.25, 0.3) is 10.8 Å². The van der Waals surface area contributed by atoms with E-state index in [2.05, 4.69) is 32.2 Å². The summed E-state index contributed by atoms with van der Waals surface area (Å²) in [6.45, 7) is 7.28. The summed E-state index contributed by atoms with van der Waals surface area (Å²) in [5.41, 5.74) is 3.97. The van der Waals surface area contributed by atoms with Gasteiger partial charge in [0, 0.05) is 35.6 Å². The van der Waals surface area contributed by atoms with Crippen molar-refractivity contribution in [2.75, 3.05) is 37.2 Å². The van der Waals surface area contributed by atoms with Crippen molar-refractivity contribution in [2.45, 2.75) is 56.8 Å². The molecule has 1 spiro atoms. The maximum Gasteiger partial charge on any atom is 0.264 e. The molecule has 4 atom stereocenters. The van der Waals surface area contributed by atoms with E-state index in [1.54, 1.807) is 28.9 Å². The lowest BCUT2D eigenvalue weighted by Gasteiger charge is -2.37. The van der Waals surface area contributed by atoms with Crippen molar-refractivity contribution in [3.63, 3.8) is 0 Å². The Morgan fingerprint density at radius 2 is 1.50 bits per heavy atom. The van der Waals surface area contributed by atoms with E-state index in [9.17, 15) is 14.7 Å². The molecule has 11 heteroatoms. The Balaban J connectivity index is 1.07. The number of rotatable bonds is 13. The SMILES string of the molecule is COc1ccc([Si](C)(C)[C@H]2[C@H](CC(=O)N(CCO)Cc3ccccc3)O[C@@]3(C(=O)N(Cc4ccc(N5C(=O)c6cccc7cccc5c67)cc4)c4ccc(OC)cc43)[C@@H]2C)cc1. The monoisotopic (exact) mass is 845 g/mol. The summed E-state index contributed by atoms with van der Waals surface area (Å²) in [5.74, 6) is 0.600. The normalized spacial score (nSPS) is 20.3. The highest BCUT2D eigenvalue weighted by molar-refractivity contribution is 6.91. The average Bonchev–Trinajstić information content (AvgIpc) is 3.84. The third-order valence-electron chi connectivity index (χ3n) is 13.4. The molecule has 3 amide bonds. The summed E-state index contributed by atoms with van der Waals surface area (Å²) in [4.78, 5) is 49.0. The molecule has 3 heterocycles. The molecule has 0 radical (unpaired) electrons. The number of nitrogens with zero attached hydrogens (tertiary/aromatic N) is 3. The maximum absolute atomic E-state index is 15.5. The van der Waals surface area contributed by atoms with Gasteiger partial charge in [-0.1, -0.05) is 104 Å². The summed E-state index contributed by atoms with van der Waals surface area (Å²) in [5, 5.41) is 13.2. The molecule has 0 aromatic heterocycles. The number of aliphatic hydroxyl groups is 1. The Morgan fingerprint density at radius 3 is 2.19 bits per heavy atom. The molecule has 10 nitrogen and oxygen atoms in total. The fourth-order valence-corrected chi connectivity index (χ4v) is 14.4. The number of methoxy groups -OCH3 is 2. The first-order valence-corrected chi connectivity index (χ1v) is 24.3. The minimum absolute atomic E-state index is 0.0387.